The summed E-state index contributed by atoms with van der Waals surface area (Å²) in [6.45, 7) is 3.69. The fraction of sp³-hybridized carbons (Fsp3) is 0.462. The molecule has 1 heterocycles. The van der Waals surface area contributed by atoms with Gasteiger partial charge in [0.15, 0.2) is 0 Å². The molecule has 3 nitrogen and oxygen atoms in total. The second kappa shape index (κ2) is 5.56. The van der Waals surface area contributed by atoms with Crippen molar-refractivity contribution in [3.63, 3.8) is 0 Å². The molecule has 1 aromatic rings. The summed E-state index contributed by atoms with van der Waals surface area (Å²) in [5, 5.41) is 3.23. The molecule has 1 N–H and O–H groups in total. The van der Waals surface area contributed by atoms with Gasteiger partial charge in [0.2, 0.25) is 5.91 Å². The summed E-state index contributed by atoms with van der Waals surface area (Å²) < 4.78 is 0. The average molecular weight is 250 g/mol. The summed E-state index contributed by atoms with van der Waals surface area (Å²) in [7, 11) is 0. The van der Waals surface area contributed by atoms with Gasteiger partial charge in [-0.3, -0.25) is 4.79 Å². The molecular formula is C13H18N2OS. The summed E-state index contributed by atoms with van der Waals surface area (Å²) in [6, 6.07) is 8.09. The molecule has 0 saturated carbocycles. The van der Waals surface area contributed by atoms with Crippen LogP contribution in [0.1, 0.15) is 13.3 Å². The Labute approximate surface area is 107 Å². The summed E-state index contributed by atoms with van der Waals surface area (Å²) >= 11 is 1.68. The molecule has 1 amide bonds. The number of thioether (sulfide) groups is 1. The van der Waals surface area contributed by atoms with Crippen LogP contribution >= 0.6 is 11.8 Å². The Morgan fingerprint density at radius 2 is 2.24 bits per heavy atom. The quantitative estimate of drug-likeness (QED) is 0.831. The average Bonchev–Trinajstić information content (AvgIpc) is 2.72. The van der Waals surface area contributed by atoms with Crippen LogP contribution in [0.25, 0.3) is 0 Å². The van der Waals surface area contributed by atoms with Gasteiger partial charge >= 0.3 is 0 Å². The number of carbonyl (C=O) groups excluding carboxylic acids is 1. The van der Waals surface area contributed by atoms with Gasteiger partial charge in [0.1, 0.15) is 0 Å². The zero-order valence-corrected chi connectivity index (χ0v) is 11.1. The van der Waals surface area contributed by atoms with Crippen LogP contribution in [0.2, 0.25) is 0 Å². The van der Waals surface area contributed by atoms with Gasteiger partial charge in [0.05, 0.1) is 11.7 Å². The van der Waals surface area contributed by atoms with Gasteiger partial charge in [0.25, 0.3) is 0 Å². The fourth-order valence-corrected chi connectivity index (χ4v) is 2.81. The lowest BCUT2D eigenvalue weighted by Gasteiger charge is -2.19. The molecular weight excluding hydrogens is 232 g/mol. The van der Waals surface area contributed by atoms with E-state index in [1.807, 2.05) is 36.3 Å². The van der Waals surface area contributed by atoms with E-state index >= 15 is 0 Å². The summed E-state index contributed by atoms with van der Waals surface area (Å²) in [5.74, 6) is 0.202. The monoisotopic (exact) mass is 250 g/mol. The van der Waals surface area contributed by atoms with Gasteiger partial charge in [0, 0.05) is 11.4 Å². The van der Waals surface area contributed by atoms with E-state index in [1.54, 1.807) is 11.8 Å². The number of rotatable bonds is 4. The van der Waals surface area contributed by atoms with Crippen LogP contribution in [0.15, 0.2) is 29.2 Å². The third kappa shape index (κ3) is 2.48. The molecule has 0 radical (unpaired) electrons. The van der Waals surface area contributed by atoms with Crippen LogP contribution in [0.4, 0.5) is 5.69 Å². The van der Waals surface area contributed by atoms with Crippen molar-refractivity contribution in [3.05, 3.63) is 24.3 Å². The first-order valence-electron chi connectivity index (χ1n) is 5.95. The minimum absolute atomic E-state index is 0.00471. The van der Waals surface area contributed by atoms with Crippen LogP contribution in [0.5, 0.6) is 0 Å². The Bertz CT molecular complexity index is 408. The van der Waals surface area contributed by atoms with Gasteiger partial charge in [-0.1, -0.05) is 19.1 Å². The number of hydrogen-bond donors (Lipinski definition) is 1. The molecule has 1 unspecified atom stereocenters. The SMILES string of the molecule is CCNC1CCN(c2ccccc2SC)C1=O. The van der Waals surface area contributed by atoms with Crippen molar-refractivity contribution in [2.24, 2.45) is 0 Å². The van der Waals surface area contributed by atoms with Gasteiger partial charge < -0.3 is 10.2 Å². The van der Waals surface area contributed by atoms with Crippen molar-refractivity contribution < 1.29 is 4.79 Å². The number of amides is 1. The predicted octanol–water partition coefficient (Wildman–Crippen LogP) is 2.12. The van der Waals surface area contributed by atoms with Crippen LogP contribution in [-0.2, 0) is 4.79 Å². The Morgan fingerprint density at radius 3 is 2.94 bits per heavy atom. The molecule has 1 aromatic carbocycles. The van der Waals surface area contributed by atoms with E-state index in [9.17, 15) is 4.79 Å². The number of nitrogens with zero attached hydrogens (tertiary/aromatic N) is 1. The fourth-order valence-electron chi connectivity index (χ4n) is 2.21. The highest BCUT2D eigenvalue weighted by atomic mass is 32.2. The molecule has 92 valence electrons. The molecule has 0 spiro atoms. The first kappa shape index (κ1) is 12.5. The number of hydrogen-bond acceptors (Lipinski definition) is 3. The standard InChI is InChI=1S/C13H18N2OS/c1-3-14-10-8-9-15(13(10)16)11-6-4-5-7-12(11)17-2/h4-7,10,14H,3,8-9H2,1-2H3. The summed E-state index contributed by atoms with van der Waals surface area (Å²) in [6.07, 6.45) is 2.94. The van der Waals surface area contributed by atoms with Crippen molar-refractivity contribution in [2.75, 3.05) is 24.2 Å². The Morgan fingerprint density at radius 1 is 1.47 bits per heavy atom. The molecule has 1 aliphatic rings. The largest absolute Gasteiger partial charge is 0.310 e. The van der Waals surface area contributed by atoms with Crippen LogP contribution in [-0.4, -0.2) is 31.3 Å². The highest BCUT2D eigenvalue weighted by Crippen LogP contribution is 2.31. The lowest BCUT2D eigenvalue weighted by molar-refractivity contribution is -0.118. The Kier molecular flexibility index (Phi) is 4.07. The van der Waals surface area contributed by atoms with E-state index in [1.165, 1.54) is 0 Å². The number of benzene rings is 1. The van der Waals surface area contributed by atoms with E-state index in [0.717, 1.165) is 30.1 Å². The molecule has 1 aliphatic heterocycles. The number of likely N-dealkylation sites (N-methyl/N-ethyl adjacent to an activating group) is 1. The number of para-hydroxylation sites is 1. The van der Waals surface area contributed by atoms with E-state index < -0.39 is 0 Å². The number of anilines is 1. The number of nitrogens with one attached hydrogen (secondary N) is 1. The summed E-state index contributed by atoms with van der Waals surface area (Å²) in [4.78, 5) is 15.3. The normalized spacial score (nSPS) is 20.0. The van der Waals surface area contributed by atoms with Crippen LogP contribution in [0.3, 0.4) is 0 Å². The van der Waals surface area contributed by atoms with Crippen molar-refractivity contribution in [2.45, 2.75) is 24.3 Å². The third-order valence-electron chi connectivity index (χ3n) is 3.03. The van der Waals surface area contributed by atoms with Gasteiger partial charge in [-0.25, -0.2) is 0 Å². The highest BCUT2D eigenvalue weighted by Gasteiger charge is 2.32. The molecule has 17 heavy (non-hydrogen) atoms. The Balaban J connectivity index is 2.21. The van der Waals surface area contributed by atoms with Crippen molar-refractivity contribution in [1.29, 1.82) is 0 Å². The molecule has 4 heteroatoms. The predicted molar refractivity (Wildman–Crippen MR) is 72.7 cm³/mol. The first-order chi connectivity index (χ1) is 8.27. The molecule has 0 bridgehead atoms. The second-order valence-electron chi connectivity index (χ2n) is 4.06. The molecule has 2 rings (SSSR count). The third-order valence-corrected chi connectivity index (χ3v) is 3.82. The van der Waals surface area contributed by atoms with Crippen molar-refractivity contribution >= 4 is 23.4 Å². The molecule has 1 fully saturated rings. The second-order valence-corrected chi connectivity index (χ2v) is 4.91. The lowest BCUT2D eigenvalue weighted by Crippen LogP contribution is -2.38. The van der Waals surface area contributed by atoms with E-state index in [2.05, 4.69) is 11.4 Å². The molecule has 1 saturated heterocycles. The van der Waals surface area contributed by atoms with Gasteiger partial charge in [-0.05, 0) is 31.4 Å². The van der Waals surface area contributed by atoms with E-state index in [-0.39, 0.29) is 11.9 Å². The molecule has 1 atom stereocenters. The van der Waals surface area contributed by atoms with E-state index in [4.69, 9.17) is 0 Å². The smallest absolute Gasteiger partial charge is 0.244 e. The minimum Gasteiger partial charge on any atom is -0.310 e. The summed E-state index contributed by atoms with van der Waals surface area (Å²) in [5.41, 5.74) is 1.05. The molecule has 0 aliphatic carbocycles. The van der Waals surface area contributed by atoms with Crippen molar-refractivity contribution in [3.8, 4) is 0 Å². The van der Waals surface area contributed by atoms with Crippen LogP contribution in [0, 0.1) is 0 Å². The first-order valence-corrected chi connectivity index (χ1v) is 7.18. The highest BCUT2D eigenvalue weighted by molar-refractivity contribution is 7.98. The zero-order valence-electron chi connectivity index (χ0n) is 10.3. The van der Waals surface area contributed by atoms with Crippen LogP contribution < -0.4 is 10.2 Å². The zero-order chi connectivity index (χ0) is 12.3. The Hall–Kier alpha value is -1.00. The van der Waals surface area contributed by atoms with Crippen molar-refractivity contribution in [1.82, 2.24) is 5.32 Å². The number of carbonyl (C=O) groups is 1. The maximum atomic E-state index is 12.2. The van der Waals surface area contributed by atoms with Gasteiger partial charge in [-0.15, -0.1) is 11.8 Å². The maximum Gasteiger partial charge on any atom is 0.244 e. The maximum absolute atomic E-state index is 12.2. The molecule has 0 aromatic heterocycles. The topological polar surface area (TPSA) is 32.3 Å². The van der Waals surface area contributed by atoms with Gasteiger partial charge in [-0.2, -0.15) is 0 Å². The minimum atomic E-state index is -0.00471. The van der Waals surface area contributed by atoms with E-state index in [0.29, 0.717) is 0 Å². The lowest BCUT2D eigenvalue weighted by atomic mass is 10.2.